The molecule has 5 aliphatic rings. The van der Waals surface area contributed by atoms with Crippen molar-refractivity contribution in [2.45, 2.75) is 128 Å². The number of likely N-dealkylation sites (tertiary alicyclic amines) is 1. The molecule has 3 unspecified atom stereocenters. The summed E-state index contributed by atoms with van der Waals surface area (Å²) < 4.78 is 19.3. The van der Waals surface area contributed by atoms with Crippen LogP contribution in [0.25, 0.3) is 28.0 Å². The first kappa shape index (κ1) is 46.0. The van der Waals surface area contributed by atoms with Crippen LogP contribution in [0.15, 0.2) is 61.3 Å². The molecule has 1 aromatic carbocycles. The maximum absolute atomic E-state index is 15.6. The SMILES string of the molecule is CCC1(C(=O)NC(C)C)CCN(c2ccc(-c3nc(-c4cnn(C5CCN(C(=O)CN6C7CCC6CC(c6ccc(NC8CCC(=O)NC8=O)cc6F)C7)CC5)c4)cn4ncc(C#N)c34)cn2)CC1. The van der Waals surface area contributed by atoms with Crippen LogP contribution in [0.1, 0.15) is 114 Å². The maximum Gasteiger partial charge on any atom is 0.249 e. The van der Waals surface area contributed by atoms with Gasteiger partial charge in [0.2, 0.25) is 23.6 Å². The number of piperidine rings is 4. The number of carbonyl (C=O) groups excluding carboxylic acids is 4. The number of hydrogen-bond acceptors (Lipinski definition) is 12. The maximum atomic E-state index is 15.6. The number of imide groups is 1. The molecule has 0 aliphatic carbocycles. The third-order valence-electron chi connectivity index (χ3n) is 15.6. The van der Waals surface area contributed by atoms with Crippen LogP contribution in [0, 0.1) is 22.6 Å². The molecule has 9 heterocycles. The molecule has 4 amide bonds. The van der Waals surface area contributed by atoms with Crippen LogP contribution in [0.3, 0.4) is 0 Å². The zero-order valence-corrected chi connectivity index (χ0v) is 39.5. The van der Waals surface area contributed by atoms with Crippen molar-refractivity contribution in [2.75, 3.05) is 42.9 Å². The Morgan fingerprint density at radius 2 is 1.70 bits per heavy atom. The van der Waals surface area contributed by atoms with Gasteiger partial charge in [-0.15, -0.1) is 0 Å². The van der Waals surface area contributed by atoms with E-state index in [0.717, 1.165) is 87.8 Å². The van der Waals surface area contributed by atoms with Crippen molar-refractivity contribution in [1.29, 1.82) is 5.26 Å². The van der Waals surface area contributed by atoms with E-state index in [2.05, 4.69) is 43.8 Å². The zero-order chi connectivity index (χ0) is 48.0. The molecule has 0 spiro atoms. The second-order valence-corrected chi connectivity index (χ2v) is 20.0. The van der Waals surface area contributed by atoms with E-state index in [1.807, 2.05) is 60.1 Å². The van der Waals surface area contributed by atoms with Gasteiger partial charge in [-0.25, -0.2) is 18.9 Å². The zero-order valence-electron chi connectivity index (χ0n) is 39.5. The average Bonchev–Trinajstić information content (AvgIpc) is 4.07. The van der Waals surface area contributed by atoms with Crippen molar-refractivity contribution in [3.63, 3.8) is 0 Å². The fourth-order valence-electron chi connectivity index (χ4n) is 11.5. The molecular formula is C51H60FN13O4. The first-order valence-corrected chi connectivity index (χ1v) is 24.7. The third kappa shape index (κ3) is 9.16. The average molecular weight is 938 g/mol. The molecule has 69 heavy (non-hydrogen) atoms. The molecule has 3 N–H and O–H groups in total. The van der Waals surface area contributed by atoms with Crippen molar-refractivity contribution in [1.82, 2.24) is 49.8 Å². The molecule has 18 heteroatoms. The lowest BCUT2D eigenvalue weighted by Crippen LogP contribution is -2.50. The van der Waals surface area contributed by atoms with Crippen LogP contribution >= 0.6 is 0 Å². The van der Waals surface area contributed by atoms with E-state index in [4.69, 9.17) is 15.1 Å². The molecule has 5 saturated heterocycles. The highest BCUT2D eigenvalue weighted by atomic mass is 19.1. The van der Waals surface area contributed by atoms with Gasteiger partial charge in [-0.3, -0.25) is 34.1 Å². The molecule has 10 rings (SSSR count). The van der Waals surface area contributed by atoms with Crippen LogP contribution in [-0.2, 0) is 19.2 Å². The summed E-state index contributed by atoms with van der Waals surface area (Å²) in [5, 5.41) is 27.8. The monoisotopic (exact) mass is 937 g/mol. The van der Waals surface area contributed by atoms with Gasteiger partial charge in [0.1, 0.15) is 34.8 Å². The molecule has 0 radical (unpaired) electrons. The predicted octanol–water partition coefficient (Wildman–Crippen LogP) is 5.98. The van der Waals surface area contributed by atoms with Crippen molar-refractivity contribution in [2.24, 2.45) is 5.41 Å². The number of nitriles is 1. The Morgan fingerprint density at radius 3 is 2.36 bits per heavy atom. The lowest BCUT2D eigenvalue weighted by molar-refractivity contribution is -0.135. The highest BCUT2D eigenvalue weighted by Crippen LogP contribution is 2.44. The van der Waals surface area contributed by atoms with Crippen molar-refractivity contribution >= 4 is 40.7 Å². The Morgan fingerprint density at radius 1 is 0.928 bits per heavy atom. The van der Waals surface area contributed by atoms with Gasteiger partial charge in [0, 0.05) is 79.9 Å². The number of pyridine rings is 1. The quantitative estimate of drug-likeness (QED) is 0.124. The fourth-order valence-corrected chi connectivity index (χ4v) is 11.5. The second kappa shape index (κ2) is 19.0. The number of fused-ring (bicyclic) bond motifs is 3. The van der Waals surface area contributed by atoms with Crippen LogP contribution < -0.4 is 20.9 Å². The minimum Gasteiger partial charge on any atom is -0.374 e. The number of halogens is 1. The number of nitrogens with one attached hydrogen (secondary N) is 3. The summed E-state index contributed by atoms with van der Waals surface area (Å²) in [7, 11) is 0. The van der Waals surface area contributed by atoms with Gasteiger partial charge in [0.25, 0.3) is 0 Å². The molecular weight excluding hydrogens is 878 g/mol. The molecule has 4 aromatic heterocycles. The standard InChI is InChI=1S/C51H60FN13O4/c1-4-51(50(69)57-31(2)3)15-19-61(20-16-51)44-11-5-32(25-54-44)47-48-34(24-53)26-56-65(48)29-43(59-47)35-27-55-64(28-35)37-13-17-62(18-14-37)46(67)30-63-38-7-8-39(63)22-33(21-38)40-9-6-36(23-41(40)52)58-42-10-12-45(66)60-49(42)68/h5-6,9,11,23,25-29,31,33,37-39,42,58H,4,7-8,10,12-22,30H2,1-3H3,(H,57,69)(H,60,66,68). The van der Waals surface area contributed by atoms with E-state index >= 15 is 4.39 Å². The Hall–Kier alpha value is -6.74. The number of benzene rings is 1. The second-order valence-electron chi connectivity index (χ2n) is 20.0. The van der Waals surface area contributed by atoms with Crippen molar-refractivity contribution in [3.05, 3.63) is 78.3 Å². The molecule has 5 fully saturated rings. The molecule has 2 bridgehead atoms. The number of rotatable bonds is 12. The van der Waals surface area contributed by atoms with Gasteiger partial charge in [-0.05, 0) is 114 Å². The minimum absolute atomic E-state index is 0.0511. The molecule has 5 aromatic rings. The molecule has 17 nitrogen and oxygen atoms in total. The first-order valence-electron chi connectivity index (χ1n) is 24.7. The van der Waals surface area contributed by atoms with Gasteiger partial charge >= 0.3 is 0 Å². The lowest BCUT2D eigenvalue weighted by Gasteiger charge is -2.41. The van der Waals surface area contributed by atoms with E-state index in [0.29, 0.717) is 59.8 Å². The summed E-state index contributed by atoms with van der Waals surface area (Å²) in [4.78, 5) is 67.2. The Bertz CT molecular complexity index is 2790. The number of anilines is 2. The fraction of sp³-hybridized carbons (Fsp3) is 0.510. The van der Waals surface area contributed by atoms with E-state index in [9.17, 15) is 24.4 Å². The van der Waals surface area contributed by atoms with E-state index in [1.165, 1.54) is 6.07 Å². The molecule has 5 aliphatic heterocycles. The molecule has 0 saturated carbocycles. The number of carbonyl (C=O) groups is 4. The summed E-state index contributed by atoms with van der Waals surface area (Å²) in [5.41, 5.74) is 4.63. The number of amides is 4. The summed E-state index contributed by atoms with van der Waals surface area (Å²) >= 11 is 0. The van der Waals surface area contributed by atoms with Crippen molar-refractivity contribution in [3.8, 4) is 28.6 Å². The smallest absolute Gasteiger partial charge is 0.249 e. The van der Waals surface area contributed by atoms with E-state index < -0.39 is 11.9 Å². The van der Waals surface area contributed by atoms with Crippen molar-refractivity contribution < 1.29 is 23.6 Å². The van der Waals surface area contributed by atoms with Gasteiger partial charge < -0.3 is 20.4 Å². The predicted molar refractivity (Wildman–Crippen MR) is 256 cm³/mol. The van der Waals surface area contributed by atoms with Gasteiger partial charge in [-0.2, -0.15) is 15.5 Å². The van der Waals surface area contributed by atoms with Gasteiger partial charge in [-0.1, -0.05) is 13.0 Å². The van der Waals surface area contributed by atoms with E-state index in [-0.39, 0.29) is 65.5 Å². The van der Waals surface area contributed by atoms with Gasteiger partial charge in [0.15, 0.2) is 0 Å². The summed E-state index contributed by atoms with van der Waals surface area (Å²) in [6, 6.07) is 11.4. The Labute approximate surface area is 400 Å². The van der Waals surface area contributed by atoms with Crippen LogP contribution in [0.2, 0.25) is 0 Å². The van der Waals surface area contributed by atoms with Crippen LogP contribution in [0.5, 0.6) is 0 Å². The number of nitrogens with zero attached hydrogens (tertiary/aromatic N) is 10. The molecule has 360 valence electrons. The Kier molecular flexibility index (Phi) is 12.7. The number of aromatic nitrogens is 6. The largest absolute Gasteiger partial charge is 0.374 e. The van der Waals surface area contributed by atoms with E-state index in [1.54, 1.807) is 23.1 Å². The van der Waals surface area contributed by atoms with Crippen LogP contribution in [-0.4, -0.2) is 120 Å². The molecule has 3 atom stereocenters. The third-order valence-corrected chi connectivity index (χ3v) is 15.6. The minimum atomic E-state index is -0.576. The topological polar surface area (TPSA) is 199 Å². The first-order chi connectivity index (χ1) is 33.4. The summed E-state index contributed by atoms with van der Waals surface area (Å²) in [6.07, 6.45) is 17.0. The normalized spacial score (nSPS) is 23.0. The summed E-state index contributed by atoms with van der Waals surface area (Å²) in [6.45, 7) is 9.15. The highest BCUT2D eigenvalue weighted by Gasteiger charge is 2.44. The Balaban J connectivity index is 0.753. The van der Waals surface area contributed by atoms with Gasteiger partial charge in [0.05, 0.1) is 48.0 Å². The lowest BCUT2D eigenvalue weighted by atomic mass is 9.75. The highest BCUT2D eigenvalue weighted by molar-refractivity contribution is 6.01. The summed E-state index contributed by atoms with van der Waals surface area (Å²) in [5.74, 6) is 0.161. The number of hydrogen-bond donors (Lipinski definition) is 3. The van der Waals surface area contributed by atoms with Crippen LogP contribution in [0.4, 0.5) is 15.9 Å².